The van der Waals surface area contributed by atoms with Crippen molar-refractivity contribution in [1.29, 1.82) is 0 Å². The number of hydrogen-bond donors (Lipinski definition) is 2. The molecule has 2 heterocycles. The number of primary amides is 1. The number of piperidine rings is 1. The molecule has 1 saturated heterocycles. The summed E-state index contributed by atoms with van der Waals surface area (Å²) in [6, 6.07) is 13.7. The Hall–Kier alpha value is -2.41. The first kappa shape index (κ1) is 18.6. The summed E-state index contributed by atoms with van der Waals surface area (Å²) in [5.74, 6) is -0.513. The van der Waals surface area contributed by atoms with Gasteiger partial charge in [0, 0.05) is 29.9 Å². The van der Waals surface area contributed by atoms with E-state index in [1.165, 1.54) is 5.56 Å². The molecule has 0 bridgehead atoms. The zero-order valence-electron chi connectivity index (χ0n) is 16.2. The molecule has 150 valence electrons. The molecule has 0 radical (unpaired) electrons. The molecule has 1 aliphatic heterocycles. The van der Waals surface area contributed by atoms with Crippen molar-refractivity contribution in [2.24, 2.45) is 11.1 Å². The summed E-state index contributed by atoms with van der Waals surface area (Å²) in [7, 11) is 1.78. The fourth-order valence-electron chi connectivity index (χ4n) is 5.18. The van der Waals surface area contributed by atoms with E-state index in [0.29, 0.717) is 21.6 Å². The summed E-state index contributed by atoms with van der Waals surface area (Å²) in [5, 5.41) is 9.27. The van der Waals surface area contributed by atoms with Crippen molar-refractivity contribution in [2.45, 2.75) is 18.3 Å². The maximum Gasteiger partial charge on any atom is 0.250 e. The van der Waals surface area contributed by atoms with Crippen LogP contribution in [0.2, 0.25) is 5.15 Å². The van der Waals surface area contributed by atoms with Crippen LogP contribution >= 0.6 is 11.6 Å². The van der Waals surface area contributed by atoms with Gasteiger partial charge in [-0.25, -0.2) is 4.68 Å². The summed E-state index contributed by atoms with van der Waals surface area (Å²) in [6.45, 7) is 2.79. The molecule has 2 unspecified atom stereocenters. The quantitative estimate of drug-likeness (QED) is 0.677. The van der Waals surface area contributed by atoms with E-state index in [9.17, 15) is 4.79 Å². The van der Waals surface area contributed by atoms with Crippen molar-refractivity contribution in [3.63, 3.8) is 0 Å². The van der Waals surface area contributed by atoms with Crippen LogP contribution in [0, 0.1) is 5.41 Å². The van der Waals surface area contributed by atoms with Gasteiger partial charge < -0.3 is 15.8 Å². The Morgan fingerprint density at radius 3 is 2.83 bits per heavy atom. The fraction of sp³-hybridized carbons (Fsp3) is 0.364. The number of fused-ring (bicyclic) bond motifs is 2. The Morgan fingerprint density at radius 1 is 1.31 bits per heavy atom. The van der Waals surface area contributed by atoms with Crippen molar-refractivity contribution >= 4 is 28.4 Å². The molecule has 5 rings (SSSR count). The lowest BCUT2D eigenvalue weighted by Gasteiger charge is -2.31. The van der Waals surface area contributed by atoms with E-state index in [0.717, 1.165) is 38.2 Å². The Balaban J connectivity index is 1.53. The van der Waals surface area contributed by atoms with E-state index in [4.69, 9.17) is 22.1 Å². The number of nitrogens with zero attached hydrogens (tertiary/aromatic N) is 2. The van der Waals surface area contributed by atoms with Gasteiger partial charge in [0.1, 0.15) is 10.7 Å². The first-order chi connectivity index (χ1) is 14.0. The predicted octanol–water partition coefficient (Wildman–Crippen LogP) is 3.05. The number of carbonyl (C=O) groups excluding carboxylic acids is 1. The number of amides is 1. The van der Waals surface area contributed by atoms with Gasteiger partial charge in [-0.05, 0) is 49.2 Å². The second kappa shape index (κ2) is 6.55. The number of methoxy groups -OCH3 is 1. The van der Waals surface area contributed by atoms with Gasteiger partial charge in [-0.2, -0.15) is 5.10 Å². The van der Waals surface area contributed by atoms with Crippen LogP contribution in [0.1, 0.15) is 28.8 Å². The van der Waals surface area contributed by atoms with Gasteiger partial charge in [-0.15, -0.1) is 0 Å². The van der Waals surface area contributed by atoms with Gasteiger partial charge >= 0.3 is 0 Å². The molecule has 7 heteroatoms. The summed E-state index contributed by atoms with van der Waals surface area (Å²) in [6.07, 6.45) is 2.26. The number of carbonyl (C=O) groups is 1. The zero-order chi connectivity index (χ0) is 20.2. The minimum Gasteiger partial charge on any atom is -0.384 e. The Labute approximate surface area is 174 Å². The van der Waals surface area contributed by atoms with Crippen molar-refractivity contribution in [1.82, 2.24) is 15.1 Å². The molecular weight excluding hydrogens is 388 g/mol. The molecule has 3 aromatic rings. The highest BCUT2D eigenvalue weighted by molar-refractivity contribution is 6.35. The zero-order valence-corrected chi connectivity index (χ0v) is 17.0. The van der Waals surface area contributed by atoms with Gasteiger partial charge in [-0.3, -0.25) is 4.79 Å². The molecule has 0 spiro atoms. The Bertz CT molecular complexity index is 1110. The van der Waals surface area contributed by atoms with E-state index < -0.39 is 5.91 Å². The summed E-state index contributed by atoms with van der Waals surface area (Å²) in [4.78, 5) is 11.7. The monoisotopic (exact) mass is 410 g/mol. The molecule has 1 aliphatic carbocycles. The molecule has 1 amide bonds. The second-order valence-corrected chi connectivity index (χ2v) is 8.57. The number of benzene rings is 2. The number of hydrogen-bond acceptors (Lipinski definition) is 4. The third-order valence-electron chi connectivity index (χ3n) is 6.72. The van der Waals surface area contributed by atoms with Crippen LogP contribution in [0.25, 0.3) is 16.6 Å². The lowest BCUT2D eigenvalue weighted by atomic mass is 9.81. The minimum atomic E-state index is -0.513. The number of nitrogens with two attached hydrogens (primary N) is 1. The SMILES string of the molecule is COCC12CNCCC1(c1ccc(-n3nc4c(C(N)=O)cccc4c3Cl)cc1)C2. The van der Waals surface area contributed by atoms with E-state index in [2.05, 4.69) is 22.5 Å². The average molecular weight is 411 g/mol. The van der Waals surface area contributed by atoms with Gasteiger partial charge in [0.25, 0.3) is 5.91 Å². The third-order valence-corrected chi connectivity index (χ3v) is 7.08. The van der Waals surface area contributed by atoms with E-state index >= 15 is 0 Å². The second-order valence-electron chi connectivity index (χ2n) is 8.21. The molecule has 29 heavy (non-hydrogen) atoms. The molecule has 2 aromatic carbocycles. The van der Waals surface area contributed by atoms with Crippen LogP contribution in [0.15, 0.2) is 42.5 Å². The van der Waals surface area contributed by atoms with Crippen LogP contribution in [0.4, 0.5) is 0 Å². The summed E-state index contributed by atoms with van der Waals surface area (Å²) < 4.78 is 7.20. The highest BCUT2D eigenvalue weighted by atomic mass is 35.5. The Kier molecular flexibility index (Phi) is 4.21. The molecule has 3 N–H and O–H groups in total. The molecule has 1 saturated carbocycles. The minimum absolute atomic E-state index is 0.185. The molecule has 2 aliphatic rings. The highest BCUT2D eigenvalue weighted by Gasteiger charge is 2.68. The van der Waals surface area contributed by atoms with Crippen molar-refractivity contribution in [3.8, 4) is 5.69 Å². The molecule has 6 nitrogen and oxygen atoms in total. The van der Waals surface area contributed by atoms with Crippen molar-refractivity contribution in [3.05, 3.63) is 58.7 Å². The number of rotatable bonds is 5. The fourth-order valence-corrected chi connectivity index (χ4v) is 5.47. The smallest absolute Gasteiger partial charge is 0.250 e. The van der Waals surface area contributed by atoms with Gasteiger partial charge in [0.2, 0.25) is 0 Å². The third kappa shape index (κ3) is 2.63. The van der Waals surface area contributed by atoms with Gasteiger partial charge in [0.05, 0.1) is 17.9 Å². The molecule has 1 aromatic heterocycles. The van der Waals surface area contributed by atoms with Crippen molar-refractivity contribution < 1.29 is 9.53 Å². The topological polar surface area (TPSA) is 82.2 Å². The molecule has 2 fully saturated rings. The largest absolute Gasteiger partial charge is 0.384 e. The lowest BCUT2D eigenvalue weighted by Crippen LogP contribution is -2.40. The predicted molar refractivity (Wildman–Crippen MR) is 113 cm³/mol. The number of halogens is 1. The molecule has 2 atom stereocenters. The Morgan fingerprint density at radius 2 is 2.10 bits per heavy atom. The van der Waals surface area contributed by atoms with Crippen LogP contribution < -0.4 is 11.1 Å². The average Bonchev–Trinajstić information content (AvgIpc) is 3.30. The first-order valence-electron chi connectivity index (χ1n) is 9.79. The summed E-state index contributed by atoms with van der Waals surface area (Å²) in [5.41, 5.74) is 8.95. The van der Waals surface area contributed by atoms with Crippen LogP contribution in [-0.2, 0) is 10.2 Å². The van der Waals surface area contributed by atoms with Crippen molar-refractivity contribution in [2.75, 3.05) is 26.8 Å². The highest BCUT2D eigenvalue weighted by Crippen LogP contribution is 2.67. The first-order valence-corrected chi connectivity index (χ1v) is 10.2. The van der Waals surface area contributed by atoms with Crippen LogP contribution in [-0.4, -0.2) is 42.5 Å². The number of nitrogens with one attached hydrogen (secondary N) is 1. The molecular formula is C22H23ClN4O2. The maximum atomic E-state index is 11.7. The van der Waals surface area contributed by atoms with Gasteiger partial charge in [-0.1, -0.05) is 29.8 Å². The number of ether oxygens (including phenoxy) is 1. The van der Waals surface area contributed by atoms with Crippen LogP contribution in [0.3, 0.4) is 0 Å². The van der Waals surface area contributed by atoms with Crippen LogP contribution in [0.5, 0.6) is 0 Å². The number of aromatic nitrogens is 2. The standard InChI is InChI=1S/C22H23ClN4O2/c1-29-13-21-11-22(21,9-10-25-12-21)14-5-7-15(8-6-14)27-19(23)16-3-2-4-17(20(24)28)18(16)26-27/h2-8,25H,9-13H2,1H3,(H2,24,28). The van der Waals surface area contributed by atoms with E-state index in [1.54, 1.807) is 23.9 Å². The maximum absolute atomic E-state index is 11.7. The normalized spacial score (nSPS) is 25.7. The summed E-state index contributed by atoms with van der Waals surface area (Å²) >= 11 is 6.58. The lowest BCUT2D eigenvalue weighted by molar-refractivity contribution is 0.100. The van der Waals surface area contributed by atoms with E-state index in [1.807, 2.05) is 18.2 Å². The van der Waals surface area contributed by atoms with Gasteiger partial charge in [0.15, 0.2) is 0 Å². The van der Waals surface area contributed by atoms with E-state index in [-0.39, 0.29) is 10.8 Å².